The molecule has 11 heteroatoms. The van der Waals surface area contributed by atoms with Crippen molar-refractivity contribution in [1.29, 1.82) is 0 Å². The first-order valence-corrected chi connectivity index (χ1v) is 10.6. The second-order valence-corrected chi connectivity index (χ2v) is 7.83. The number of halogens is 4. The van der Waals surface area contributed by atoms with E-state index in [1.165, 1.54) is 0 Å². The van der Waals surface area contributed by atoms with Gasteiger partial charge in [0.2, 0.25) is 0 Å². The number of ether oxygens (including phenoxy) is 1. The van der Waals surface area contributed by atoms with Crippen molar-refractivity contribution in [2.75, 3.05) is 24.6 Å². The van der Waals surface area contributed by atoms with E-state index in [0.717, 1.165) is 36.1 Å². The van der Waals surface area contributed by atoms with Gasteiger partial charge in [0.1, 0.15) is 5.75 Å². The number of carbonyl (C=O) groups is 2. The number of hydrogen-bond donors (Lipinski definition) is 2. The van der Waals surface area contributed by atoms with Crippen LogP contribution in [0, 0.1) is 0 Å². The third-order valence-corrected chi connectivity index (χ3v) is 5.17. The Balaban J connectivity index is 0.000000406. The maximum Gasteiger partial charge on any atom is 0.490 e. The summed E-state index contributed by atoms with van der Waals surface area (Å²) in [6.07, 6.45) is -2.39. The normalized spacial score (nSPS) is 15.4. The molecule has 1 saturated heterocycles. The fraction of sp³-hybridized carbons (Fsp3) is 0.261. The van der Waals surface area contributed by atoms with Gasteiger partial charge in [-0.05, 0) is 42.8 Å². The summed E-state index contributed by atoms with van der Waals surface area (Å²) in [5.74, 6) is -2.16. The van der Waals surface area contributed by atoms with Gasteiger partial charge in [-0.25, -0.2) is 4.79 Å². The van der Waals surface area contributed by atoms with Crippen molar-refractivity contribution >= 4 is 40.1 Å². The quantitative estimate of drug-likeness (QED) is 0.548. The van der Waals surface area contributed by atoms with Gasteiger partial charge in [-0.2, -0.15) is 13.2 Å². The van der Waals surface area contributed by atoms with Crippen LogP contribution in [0.3, 0.4) is 0 Å². The number of aromatic nitrogens is 1. The number of hydrogen-bond acceptors (Lipinski definition) is 5. The lowest BCUT2D eigenvalue weighted by Gasteiger charge is -2.21. The molecule has 2 N–H and O–H groups in total. The molecule has 0 bridgehead atoms. The van der Waals surface area contributed by atoms with E-state index < -0.39 is 12.1 Å². The molecule has 0 spiro atoms. The minimum Gasteiger partial charge on any atom is -0.484 e. The fourth-order valence-electron chi connectivity index (χ4n) is 3.41. The number of nitrogens with one attached hydrogen (secondary N) is 1. The Bertz CT molecular complexity index is 1150. The average molecular weight is 496 g/mol. The summed E-state index contributed by atoms with van der Waals surface area (Å²) in [6, 6.07) is 17.2. The molecular formula is C23H21ClF3N3O4. The molecule has 1 fully saturated rings. The third kappa shape index (κ3) is 6.98. The fourth-order valence-corrected chi connectivity index (χ4v) is 3.58. The average Bonchev–Trinajstić information content (AvgIpc) is 3.25. The summed E-state index contributed by atoms with van der Waals surface area (Å²) in [4.78, 5) is 27.8. The molecule has 1 aliphatic rings. The molecule has 4 rings (SSSR count). The Morgan fingerprint density at radius 3 is 2.56 bits per heavy atom. The molecule has 7 nitrogen and oxygen atoms in total. The number of nitrogens with zero attached hydrogens (tertiary/aromatic N) is 2. The number of benzene rings is 2. The van der Waals surface area contributed by atoms with Crippen molar-refractivity contribution < 1.29 is 32.6 Å². The summed E-state index contributed by atoms with van der Waals surface area (Å²) in [6.45, 7) is 1.67. The molecule has 3 aromatic rings. The van der Waals surface area contributed by atoms with Crippen molar-refractivity contribution in [1.82, 2.24) is 10.3 Å². The van der Waals surface area contributed by atoms with E-state index in [-0.39, 0.29) is 18.6 Å². The van der Waals surface area contributed by atoms with E-state index in [1.54, 1.807) is 6.20 Å². The lowest BCUT2D eigenvalue weighted by molar-refractivity contribution is -0.192. The van der Waals surface area contributed by atoms with Crippen LogP contribution in [0.2, 0.25) is 5.02 Å². The number of carbonyl (C=O) groups excluding carboxylic acids is 1. The topological polar surface area (TPSA) is 91.8 Å². The number of fused-ring (bicyclic) bond motifs is 1. The van der Waals surface area contributed by atoms with Crippen LogP contribution in [0.5, 0.6) is 5.75 Å². The Morgan fingerprint density at radius 2 is 1.88 bits per heavy atom. The number of anilines is 1. The molecule has 1 aliphatic heterocycles. The summed E-state index contributed by atoms with van der Waals surface area (Å²) >= 11 is 6.07. The van der Waals surface area contributed by atoms with E-state index in [4.69, 9.17) is 26.2 Å². The molecule has 0 aliphatic carbocycles. The molecular weight excluding hydrogens is 475 g/mol. The van der Waals surface area contributed by atoms with Crippen LogP contribution in [0.4, 0.5) is 18.9 Å². The van der Waals surface area contributed by atoms with Crippen molar-refractivity contribution in [2.24, 2.45) is 0 Å². The summed E-state index contributed by atoms with van der Waals surface area (Å²) in [5, 5.41) is 11.9. The van der Waals surface area contributed by atoms with Gasteiger partial charge in [0, 0.05) is 41.4 Å². The van der Waals surface area contributed by atoms with E-state index in [9.17, 15) is 18.0 Å². The zero-order valence-corrected chi connectivity index (χ0v) is 18.5. The second-order valence-electron chi connectivity index (χ2n) is 7.40. The Morgan fingerprint density at radius 1 is 1.18 bits per heavy atom. The van der Waals surface area contributed by atoms with Gasteiger partial charge in [-0.15, -0.1) is 0 Å². The van der Waals surface area contributed by atoms with Crippen LogP contribution in [-0.2, 0) is 9.59 Å². The van der Waals surface area contributed by atoms with Crippen molar-refractivity contribution in [2.45, 2.75) is 18.6 Å². The van der Waals surface area contributed by atoms with Crippen LogP contribution >= 0.6 is 11.6 Å². The molecule has 1 amide bonds. The van der Waals surface area contributed by atoms with Crippen molar-refractivity contribution in [3.05, 3.63) is 65.8 Å². The van der Waals surface area contributed by atoms with Gasteiger partial charge in [-0.1, -0.05) is 29.8 Å². The molecule has 1 aromatic heterocycles. The smallest absolute Gasteiger partial charge is 0.484 e. The molecule has 0 radical (unpaired) electrons. The molecule has 34 heavy (non-hydrogen) atoms. The number of para-hydroxylation sites is 1. The van der Waals surface area contributed by atoms with E-state index in [1.807, 2.05) is 54.6 Å². The first kappa shape index (κ1) is 25.1. The van der Waals surface area contributed by atoms with E-state index in [0.29, 0.717) is 10.8 Å². The van der Waals surface area contributed by atoms with Gasteiger partial charge in [-0.3, -0.25) is 9.78 Å². The van der Waals surface area contributed by atoms with Gasteiger partial charge < -0.3 is 20.1 Å². The predicted molar refractivity (Wildman–Crippen MR) is 121 cm³/mol. The van der Waals surface area contributed by atoms with Crippen molar-refractivity contribution in [3.8, 4) is 5.75 Å². The molecule has 1 unspecified atom stereocenters. The summed E-state index contributed by atoms with van der Waals surface area (Å²) < 4.78 is 37.2. The highest BCUT2D eigenvalue weighted by molar-refractivity contribution is 6.31. The van der Waals surface area contributed by atoms with Gasteiger partial charge in [0.15, 0.2) is 6.61 Å². The van der Waals surface area contributed by atoms with E-state index >= 15 is 0 Å². The molecule has 2 heterocycles. The number of carboxylic acids is 1. The highest BCUT2D eigenvalue weighted by Crippen LogP contribution is 2.29. The Labute approximate surface area is 198 Å². The third-order valence-electron chi connectivity index (χ3n) is 4.93. The van der Waals surface area contributed by atoms with Crippen LogP contribution < -0.4 is 15.0 Å². The van der Waals surface area contributed by atoms with Crippen LogP contribution in [0.25, 0.3) is 10.9 Å². The Kier molecular flexibility index (Phi) is 8.17. The molecule has 0 saturated carbocycles. The summed E-state index contributed by atoms with van der Waals surface area (Å²) in [5.41, 5.74) is 2.00. The SMILES string of the molecule is O=C(COc1ccccc1)NC1CCN(c2ccnc3cc(Cl)ccc23)C1.O=C(O)C(F)(F)F. The first-order chi connectivity index (χ1) is 16.1. The molecule has 1 atom stereocenters. The zero-order chi connectivity index (χ0) is 24.7. The number of aliphatic carboxylic acids is 1. The highest BCUT2D eigenvalue weighted by atomic mass is 35.5. The molecule has 2 aromatic carbocycles. The van der Waals surface area contributed by atoms with Crippen molar-refractivity contribution in [3.63, 3.8) is 0 Å². The monoisotopic (exact) mass is 495 g/mol. The van der Waals surface area contributed by atoms with E-state index in [2.05, 4.69) is 15.2 Å². The zero-order valence-electron chi connectivity index (χ0n) is 17.8. The number of pyridine rings is 1. The van der Waals surface area contributed by atoms with Crippen LogP contribution in [-0.4, -0.2) is 53.9 Å². The van der Waals surface area contributed by atoms with Gasteiger partial charge in [0.25, 0.3) is 5.91 Å². The largest absolute Gasteiger partial charge is 0.490 e. The first-order valence-electron chi connectivity index (χ1n) is 10.2. The number of carboxylic acid groups (broad SMARTS) is 1. The van der Waals surface area contributed by atoms with Crippen LogP contribution in [0.15, 0.2) is 60.8 Å². The minimum absolute atomic E-state index is 0.0250. The standard InChI is InChI=1S/C21H20ClN3O2.C2HF3O2/c22-15-6-7-18-19(12-15)23-10-8-20(18)25-11-9-16(13-25)24-21(26)14-27-17-4-2-1-3-5-17;3-2(4,5)1(6)7/h1-8,10,12,16H,9,11,13-14H2,(H,24,26);(H,6,7). The lowest BCUT2D eigenvalue weighted by atomic mass is 10.2. The maximum absolute atomic E-state index is 12.2. The maximum atomic E-state index is 12.2. The lowest BCUT2D eigenvalue weighted by Crippen LogP contribution is -2.39. The highest BCUT2D eigenvalue weighted by Gasteiger charge is 2.38. The minimum atomic E-state index is -5.08. The number of alkyl halides is 3. The second kappa shape index (κ2) is 11.1. The summed E-state index contributed by atoms with van der Waals surface area (Å²) in [7, 11) is 0. The predicted octanol–water partition coefficient (Wildman–Crippen LogP) is 4.30. The number of amides is 1. The Hall–Kier alpha value is -3.53. The number of rotatable bonds is 5. The van der Waals surface area contributed by atoms with Crippen LogP contribution in [0.1, 0.15) is 6.42 Å². The van der Waals surface area contributed by atoms with Gasteiger partial charge in [0.05, 0.1) is 5.52 Å². The molecule has 180 valence electrons. The van der Waals surface area contributed by atoms with Gasteiger partial charge >= 0.3 is 12.1 Å².